The van der Waals surface area contributed by atoms with Crippen LogP contribution in [0.3, 0.4) is 0 Å². The van der Waals surface area contributed by atoms with E-state index >= 15 is 0 Å². The molecule has 0 heterocycles. The maximum absolute atomic E-state index is 9.90. The predicted octanol–water partition coefficient (Wildman–Crippen LogP) is 1.86. The van der Waals surface area contributed by atoms with Gasteiger partial charge < -0.3 is 4.55 Å². The lowest BCUT2D eigenvalue weighted by atomic mass is 10.1. The number of hydrogen-bond acceptors (Lipinski definition) is 2. The standard InChI is InChI=1S/C6H6.C4H11NO2S/c1-2-4-6-5-3-1;1-4(2,3)5-8(6)7/h1-6H;5H,1-3H3,(H,6,7)/p-1. The molecule has 0 radical (unpaired) electrons. The molecule has 1 N–H and O–H groups in total. The van der Waals surface area contributed by atoms with Gasteiger partial charge >= 0.3 is 0 Å². The minimum Gasteiger partial charge on any atom is -0.760 e. The van der Waals surface area contributed by atoms with Crippen LogP contribution < -0.4 is 4.72 Å². The van der Waals surface area contributed by atoms with Crippen LogP contribution in [-0.2, 0) is 11.3 Å². The summed E-state index contributed by atoms with van der Waals surface area (Å²) in [5.41, 5.74) is -0.341. The topological polar surface area (TPSA) is 52.2 Å². The molecule has 0 saturated heterocycles. The first-order valence-corrected chi connectivity index (χ1v) is 5.36. The van der Waals surface area contributed by atoms with Crippen LogP contribution in [0.2, 0.25) is 0 Å². The molecule has 80 valence electrons. The smallest absolute Gasteiger partial charge is 0.0211 e. The minimum absolute atomic E-state index is 0.341. The highest BCUT2D eigenvalue weighted by atomic mass is 32.2. The fourth-order valence-electron chi connectivity index (χ4n) is 0.635. The molecule has 1 unspecified atom stereocenters. The third kappa shape index (κ3) is 11.3. The van der Waals surface area contributed by atoms with Crippen LogP contribution in [0, 0.1) is 0 Å². The van der Waals surface area contributed by atoms with Crippen LogP contribution >= 0.6 is 0 Å². The molecule has 0 aliphatic rings. The zero-order valence-corrected chi connectivity index (χ0v) is 9.51. The fraction of sp³-hybridized carbons (Fsp3) is 0.400. The Morgan fingerprint density at radius 3 is 1.36 bits per heavy atom. The summed E-state index contributed by atoms with van der Waals surface area (Å²) in [5.74, 6) is 0. The van der Waals surface area contributed by atoms with Crippen LogP contribution in [0.25, 0.3) is 0 Å². The van der Waals surface area contributed by atoms with Gasteiger partial charge in [0.05, 0.1) is 0 Å². The van der Waals surface area contributed by atoms with Crippen molar-refractivity contribution in [3.05, 3.63) is 36.4 Å². The largest absolute Gasteiger partial charge is 0.760 e. The van der Waals surface area contributed by atoms with Crippen molar-refractivity contribution in [2.45, 2.75) is 26.3 Å². The first-order valence-electron chi connectivity index (χ1n) is 4.29. The van der Waals surface area contributed by atoms with Crippen molar-refractivity contribution in [2.75, 3.05) is 0 Å². The number of hydrogen-bond donors (Lipinski definition) is 1. The monoisotopic (exact) mass is 214 g/mol. The minimum atomic E-state index is -2.14. The molecule has 1 aromatic rings. The van der Waals surface area contributed by atoms with Crippen LogP contribution in [-0.4, -0.2) is 14.3 Å². The van der Waals surface area contributed by atoms with E-state index in [0.29, 0.717) is 0 Å². The van der Waals surface area contributed by atoms with Gasteiger partial charge in [-0.3, -0.25) is 4.21 Å². The number of benzene rings is 1. The fourth-order valence-corrected chi connectivity index (χ4v) is 1.13. The Balaban J connectivity index is 0.000000249. The van der Waals surface area contributed by atoms with Gasteiger partial charge in [0, 0.05) is 16.8 Å². The molecule has 0 fully saturated rings. The highest BCUT2D eigenvalue weighted by molar-refractivity contribution is 7.77. The Kier molecular flexibility index (Phi) is 6.36. The summed E-state index contributed by atoms with van der Waals surface area (Å²) in [5, 5.41) is 0. The summed E-state index contributed by atoms with van der Waals surface area (Å²) in [4.78, 5) is 0. The first-order chi connectivity index (χ1) is 6.42. The quantitative estimate of drug-likeness (QED) is 0.725. The Labute approximate surface area is 88.0 Å². The molecular weight excluding hydrogens is 198 g/mol. The van der Waals surface area contributed by atoms with E-state index in [2.05, 4.69) is 4.72 Å². The van der Waals surface area contributed by atoms with Gasteiger partial charge in [0.25, 0.3) is 0 Å². The van der Waals surface area contributed by atoms with Gasteiger partial charge in [-0.1, -0.05) is 36.4 Å². The van der Waals surface area contributed by atoms with Gasteiger partial charge in [0.15, 0.2) is 0 Å². The van der Waals surface area contributed by atoms with Gasteiger partial charge in [-0.05, 0) is 20.8 Å². The van der Waals surface area contributed by atoms with E-state index in [0.717, 1.165) is 0 Å². The zero-order chi connectivity index (χ0) is 11.0. The summed E-state index contributed by atoms with van der Waals surface area (Å²) >= 11 is -2.14. The molecule has 1 rings (SSSR count). The molecule has 1 atom stereocenters. The van der Waals surface area contributed by atoms with Crippen molar-refractivity contribution in [3.8, 4) is 0 Å². The number of nitrogens with one attached hydrogen (secondary N) is 1. The maximum Gasteiger partial charge on any atom is 0.0211 e. The van der Waals surface area contributed by atoms with Gasteiger partial charge in [-0.15, -0.1) is 0 Å². The molecule has 3 nitrogen and oxygen atoms in total. The van der Waals surface area contributed by atoms with Crippen molar-refractivity contribution in [1.82, 2.24) is 4.72 Å². The highest BCUT2D eigenvalue weighted by Crippen LogP contribution is 1.97. The van der Waals surface area contributed by atoms with E-state index in [9.17, 15) is 8.76 Å². The Hall–Kier alpha value is -0.710. The highest BCUT2D eigenvalue weighted by Gasteiger charge is 2.06. The van der Waals surface area contributed by atoms with Crippen LogP contribution in [0.4, 0.5) is 0 Å². The van der Waals surface area contributed by atoms with E-state index < -0.39 is 11.3 Å². The van der Waals surface area contributed by atoms with Crippen molar-refractivity contribution >= 4 is 11.3 Å². The van der Waals surface area contributed by atoms with Gasteiger partial charge in [-0.2, -0.15) is 0 Å². The van der Waals surface area contributed by atoms with Crippen LogP contribution in [0.1, 0.15) is 20.8 Å². The normalized spacial score (nSPS) is 12.6. The summed E-state index contributed by atoms with van der Waals surface area (Å²) in [6.45, 7) is 5.34. The molecular formula is C10H16NO2S-. The second-order valence-corrected chi connectivity index (χ2v) is 4.42. The summed E-state index contributed by atoms with van der Waals surface area (Å²) in [7, 11) is 0. The van der Waals surface area contributed by atoms with Gasteiger partial charge in [0.2, 0.25) is 0 Å². The third-order valence-corrected chi connectivity index (χ3v) is 1.84. The molecule has 0 amide bonds. The Morgan fingerprint density at radius 2 is 1.29 bits per heavy atom. The van der Waals surface area contributed by atoms with Gasteiger partial charge in [-0.25, -0.2) is 4.72 Å². The molecule has 0 aromatic heterocycles. The average molecular weight is 214 g/mol. The summed E-state index contributed by atoms with van der Waals surface area (Å²) in [6, 6.07) is 12.0. The summed E-state index contributed by atoms with van der Waals surface area (Å²) in [6.07, 6.45) is 0. The lowest BCUT2D eigenvalue weighted by Gasteiger charge is -2.21. The molecule has 4 heteroatoms. The number of rotatable bonds is 1. The molecule has 0 aliphatic carbocycles. The molecule has 0 bridgehead atoms. The molecule has 1 aromatic carbocycles. The van der Waals surface area contributed by atoms with E-state index in [1.54, 1.807) is 20.8 Å². The molecule has 0 aliphatic heterocycles. The molecule has 0 spiro atoms. The molecule has 0 saturated carbocycles. The van der Waals surface area contributed by atoms with E-state index in [1.807, 2.05) is 36.4 Å². The predicted molar refractivity (Wildman–Crippen MR) is 58.3 cm³/mol. The van der Waals surface area contributed by atoms with Gasteiger partial charge in [0.1, 0.15) is 0 Å². The summed E-state index contributed by atoms with van der Waals surface area (Å²) < 4.78 is 22.1. The van der Waals surface area contributed by atoms with Crippen molar-refractivity contribution < 1.29 is 8.76 Å². The van der Waals surface area contributed by atoms with Crippen LogP contribution in [0.5, 0.6) is 0 Å². The Morgan fingerprint density at radius 1 is 1.00 bits per heavy atom. The van der Waals surface area contributed by atoms with E-state index in [-0.39, 0.29) is 5.54 Å². The van der Waals surface area contributed by atoms with Crippen molar-refractivity contribution in [3.63, 3.8) is 0 Å². The molecule has 14 heavy (non-hydrogen) atoms. The lowest BCUT2D eigenvalue weighted by Crippen LogP contribution is -2.36. The Bertz CT molecular complexity index is 230. The second kappa shape index (κ2) is 6.70. The lowest BCUT2D eigenvalue weighted by molar-refractivity contribution is 0.463. The SMILES string of the molecule is CC(C)(C)NS(=O)[O-].c1ccccc1. The van der Waals surface area contributed by atoms with E-state index in [1.165, 1.54) is 0 Å². The van der Waals surface area contributed by atoms with E-state index in [4.69, 9.17) is 0 Å². The zero-order valence-electron chi connectivity index (χ0n) is 8.69. The first kappa shape index (κ1) is 13.3. The second-order valence-electron chi connectivity index (χ2n) is 3.74. The third-order valence-electron chi connectivity index (χ3n) is 1.06. The average Bonchev–Trinajstić information content (AvgIpc) is 2.03. The van der Waals surface area contributed by atoms with Crippen molar-refractivity contribution in [2.24, 2.45) is 0 Å². The maximum atomic E-state index is 9.90. The van der Waals surface area contributed by atoms with Crippen LogP contribution in [0.15, 0.2) is 36.4 Å². The van der Waals surface area contributed by atoms with Crippen molar-refractivity contribution in [1.29, 1.82) is 0 Å².